The van der Waals surface area contributed by atoms with Gasteiger partial charge < -0.3 is 9.72 Å². The number of aromatic nitrogens is 1. The van der Waals surface area contributed by atoms with Crippen molar-refractivity contribution in [1.29, 1.82) is 0 Å². The Morgan fingerprint density at radius 2 is 1.62 bits per heavy atom. The van der Waals surface area contributed by atoms with Crippen LogP contribution in [0.5, 0.6) is 11.5 Å². The lowest BCUT2D eigenvalue weighted by molar-refractivity contribution is 0.0977. The van der Waals surface area contributed by atoms with Crippen LogP contribution in [-0.2, 0) is 16.4 Å². The van der Waals surface area contributed by atoms with Gasteiger partial charge in [-0.25, -0.2) is 13.1 Å². The molecule has 0 radical (unpaired) electrons. The van der Waals surface area contributed by atoms with Crippen molar-refractivity contribution < 1.29 is 17.9 Å². The highest BCUT2D eigenvalue weighted by molar-refractivity contribution is 7.92. The summed E-state index contributed by atoms with van der Waals surface area (Å²) < 4.78 is 34.6. The molecule has 1 amide bonds. The van der Waals surface area contributed by atoms with Crippen molar-refractivity contribution in [1.82, 2.24) is 9.71 Å². The predicted octanol–water partition coefficient (Wildman–Crippen LogP) is 7.69. The zero-order valence-electron chi connectivity index (χ0n) is 18.8. The fraction of sp³-hybridized carbons (Fsp3) is 0.0385. The van der Waals surface area contributed by atoms with Crippen molar-refractivity contribution in [3.8, 4) is 11.5 Å². The molecule has 3 aromatic carbocycles. The smallest absolute Gasteiger partial charge is 0.281 e. The molecule has 0 aliphatic carbocycles. The van der Waals surface area contributed by atoms with Gasteiger partial charge in [0.05, 0.1) is 14.4 Å². The van der Waals surface area contributed by atoms with Crippen molar-refractivity contribution in [2.24, 2.45) is 0 Å². The summed E-state index contributed by atoms with van der Waals surface area (Å²) in [4.78, 5) is 15.9. The average Bonchev–Trinajstić information content (AvgIpc) is 3.45. The zero-order valence-corrected chi connectivity index (χ0v) is 22.7. The molecule has 0 unspecified atom stereocenters. The van der Waals surface area contributed by atoms with Crippen LogP contribution < -0.4 is 9.46 Å². The molecule has 0 atom stereocenters. The normalized spacial score (nSPS) is 11.5. The molecule has 0 aliphatic heterocycles. The van der Waals surface area contributed by atoms with E-state index in [1.807, 2.05) is 30.3 Å². The molecular weight excluding hydrogens is 575 g/mol. The van der Waals surface area contributed by atoms with E-state index >= 15 is 0 Å². The highest BCUT2D eigenvalue weighted by Gasteiger charge is 2.26. The minimum absolute atomic E-state index is 0.00289. The number of nitrogens with one attached hydrogen (secondary N) is 2. The monoisotopic (exact) mass is 590 g/mol. The number of hydrogen-bond donors (Lipinski definition) is 2. The van der Waals surface area contributed by atoms with E-state index in [4.69, 9.17) is 39.5 Å². The maximum Gasteiger partial charge on any atom is 0.281 e. The molecule has 5 aromatic rings. The van der Waals surface area contributed by atoms with Crippen LogP contribution in [0.3, 0.4) is 0 Å². The first-order valence-corrected chi connectivity index (χ1v) is 14.3. The topological polar surface area (TPSA) is 88.3 Å². The molecule has 37 heavy (non-hydrogen) atoms. The molecule has 188 valence electrons. The van der Waals surface area contributed by atoms with E-state index < -0.39 is 15.9 Å². The van der Waals surface area contributed by atoms with Crippen LogP contribution >= 0.6 is 46.1 Å². The number of ether oxygens (including phenoxy) is 1. The first kappa shape index (κ1) is 25.6. The number of rotatable bonds is 7. The summed E-state index contributed by atoms with van der Waals surface area (Å²) in [6.45, 7) is 0. The lowest BCUT2D eigenvalue weighted by atomic mass is 10.1. The van der Waals surface area contributed by atoms with E-state index in [1.165, 1.54) is 0 Å². The van der Waals surface area contributed by atoms with Gasteiger partial charge in [0.1, 0.15) is 21.4 Å². The average molecular weight is 592 g/mol. The Morgan fingerprint density at radius 1 is 0.892 bits per heavy atom. The molecule has 0 bridgehead atoms. The Hall–Kier alpha value is -3.01. The highest BCUT2D eigenvalue weighted by atomic mass is 35.5. The van der Waals surface area contributed by atoms with Crippen molar-refractivity contribution >= 4 is 73.0 Å². The molecule has 5 rings (SSSR count). The number of amides is 1. The second-order valence-electron chi connectivity index (χ2n) is 8.07. The quantitative estimate of drug-likeness (QED) is 0.203. The van der Waals surface area contributed by atoms with Crippen LogP contribution in [0.25, 0.3) is 10.9 Å². The molecule has 0 aliphatic rings. The molecule has 11 heteroatoms. The van der Waals surface area contributed by atoms with Crippen LogP contribution in [0.4, 0.5) is 0 Å². The highest BCUT2D eigenvalue weighted by Crippen LogP contribution is 2.33. The number of fused-ring (bicyclic) bond motifs is 1. The summed E-state index contributed by atoms with van der Waals surface area (Å²) in [7, 11) is -4.16. The first-order valence-electron chi connectivity index (χ1n) is 10.8. The van der Waals surface area contributed by atoms with Gasteiger partial charge in [0, 0.05) is 17.0 Å². The van der Waals surface area contributed by atoms with E-state index in [1.54, 1.807) is 48.5 Å². The fourth-order valence-corrected chi connectivity index (χ4v) is 6.93. The number of benzene rings is 3. The predicted molar refractivity (Wildman–Crippen MR) is 148 cm³/mol. The molecule has 0 saturated carbocycles. The van der Waals surface area contributed by atoms with Gasteiger partial charge in [0.25, 0.3) is 15.9 Å². The maximum absolute atomic E-state index is 13.1. The summed E-state index contributed by atoms with van der Waals surface area (Å²) in [6.07, 6.45) is 0.364. The number of carbonyl (C=O) groups is 1. The number of aromatic amines is 1. The Bertz CT molecular complexity index is 1730. The third kappa shape index (κ3) is 5.79. The molecule has 2 heterocycles. The second kappa shape index (κ2) is 10.4. The van der Waals surface area contributed by atoms with Crippen molar-refractivity contribution in [3.63, 3.8) is 0 Å². The van der Waals surface area contributed by atoms with Gasteiger partial charge in [0.15, 0.2) is 0 Å². The summed E-state index contributed by atoms with van der Waals surface area (Å²) >= 11 is 19.0. The SMILES string of the molecule is O=C(NS(=O)(=O)c1sc(Cl)cc1Cc1ccccc1)c1cc2cc(Oc3ccc(Cl)c(Cl)c3)ccc2[nH]1. The Labute approximate surface area is 231 Å². The minimum Gasteiger partial charge on any atom is -0.457 e. The second-order valence-corrected chi connectivity index (χ2v) is 12.4. The summed E-state index contributed by atoms with van der Waals surface area (Å²) in [5.41, 5.74) is 2.15. The lowest BCUT2D eigenvalue weighted by Gasteiger charge is -2.07. The van der Waals surface area contributed by atoms with Crippen LogP contribution in [-0.4, -0.2) is 19.3 Å². The third-order valence-corrected chi connectivity index (χ3v) is 9.36. The van der Waals surface area contributed by atoms with Crippen LogP contribution in [0.15, 0.2) is 83.1 Å². The fourth-order valence-electron chi connectivity index (χ4n) is 3.74. The van der Waals surface area contributed by atoms with Gasteiger partial charge in [-0.05, 0) is 60.0 Å². The summed E-state index contributed by atoms with van der Waals surface area (Å²) in [5.74, 6) is 0.204. The van der Waals surface area contributed by atoms with Gasteiger partial charge in [0.2, 0.25) is 0 Å². The number of hydrogen-bond acceptors (Lipinski definition) is 5. The number of carbonyl (C=O) groups excluding carboxylic acids is 1. The lowest BCUT2D eigenvalue weighted by Crippen LogP contribution is -2.30. The molecule has 2 N–H and O–H groups in total. The minimum atomic E-state index is -4.16. The van der Waals surface area contributed by atoms with Crippen molar-refractivity contribution in [3.05, 3.63) is 110 Å². The molecular formula is C26H17Cl3N2O4S2. The van der Waals surface area contributed by atoms with Crippen LogP contribution in [0.1, 0.15) is 21.6 Å². The van der Waals surface area contributed by atoms with Crippen molar-refractivity contribution in [2.45, 2.75) is 10.6 Å². The van der Waals surface area contributed by atoms with Gasteiger partial charge in [-0.3, -0.25) is 4.79 Å². The van der Waals surface area contributed by atoms with E-state index in [2.05, 4.69) is 9.71 Å². The molecule has 0 saturated heterocycles. The molecule has 6 nitrogen and oxygen atoms in total. The van der Waals surface area contributed by atoms with Crippen LogP contribution in [0, 0.1) is 0 Å². The number of sulfonamides is 1. The maximum atomic E-state index is 13.1. The Kier molecular flexibility index (Phi) is 7.20. The number of halogens is 3. The van der Waals surface area contributed by atoms with E-state index in [9.17, 15) is 13.2 Å². The van der Waals surface area contributed by atoms with Gasteiger partial charge >= 0.3 is 0 Å². The Balaban J connectivity index is 1.36. The van der Waals surface area contributed by atoms with E-state index in [0.29, 0.717) is 48.8 Å². The third-order valence-electron chi connectivity index (χ3n) is 5.41. The Morgan fingerprint density at radius 3 is 2.38 bits per heavy atom. The van der Waals surface area contributed by atoms with Gasteiger partial charge in [-0.1, -0.05) is 65.1 Å². The van der Waals surface area contributed by atoms with Gasteiger partial charge in [-0.2, -0.15) is 0 Å². The first-order chi connectivity index (χ1) is 17.7. The number of H-pyrrole nitrogens is 1. The standard InChI is InChI=1S/C26H17Cl3N2O4S2/c27-20-8-6-19(14-21(20)28)35-18-7-9-22-16(11-18)12-23(30-22)25(32)31-37(33,34)26-17(13-24(29)36-26)10-15-4-2-1-3-5-15/h1-9,11-14,30H,10H2,(H,31,32). The zero-order chi connectivity index (χ0) is 26.2. The largest absolute Gasteiger partial charge is 0.457 e. The van der Waals surface area contributed by atoms with Crippen LogP contribution in [0.2, 0.25) is 14.4 Å². The van der Waals surface area contributed by atoms with Gasteiger partial charge in [-0.15, -0.1) is 11.3 Å². The summed E-state index contributed by atoms with van der Waals surface area (Å²) in [6, 6.07) is 22.6. The molecule has 0 fully saturated rings. The van der Waals surface area contributed by atoms with E-state index in [-0.39, 0.29) is 9.90 Å². The molecule has 2 aromatic heterocycles. The summed E-state index contributed by atoms with van der Waals surface area (Å²) in [5, 5.41) is 1.43. The molecule has 0 spiro atoms. The van der Waals surface area contributed by atoms with E-state index in [0.717, 1.165) is 16.9 Å². The van der Waals surface area contributed by atoms with Crippen molar-refractivity contribution in [2.75, 3.05) is 0 Å². The number of thiophene rings is 1.